The Labute approximate surface area is 198 Å². The Morgan fingerprint density at radius 3 is 2.57 bits per heavy atom. The van der Waals surface area contributed by atoms with Crippen molar-refractivity contribution in [3.63, 3.8) is 0 Å². The van der Waals surface area contributed by atoms with Crippen molar-refractivity contribution in [3.8, 4) is 17.0 Å². The van der Waals surface area contributed by atoms with Crippen LogP contribution in [0.5, 0.6) is 5.75 Å². The molecule has 4 rings (SSSR count). The molecule has 6 N–H and O–H groups in total. The van der Waals surface area contributed by atoms with E-state index in [0.29, 0.717) is 11.1 Å². The van der Waals surface area contributed by atoms with Gasteiger partial charge in [0.15, 0.2) is 0 Å². The minimum Gasteiger partial charge on any atom is -0.496 e. The molecule has 1 fully saturated rings. The molecular formula is C23H23F3N6O3. The van der Waals surface area contributed by atoms with E-state index in [1.165, 1.54) is 19.2 Å². The van der Waals surface area contributed by atoms with Gasteiger partial charge in [0.05, 0.1) is 19.2 Å². The Morgan fingerprint density at radius 1 is 1.26 bits per heavy atom. The Hall–Kier alpha value is -4.06. The molecule has 0 bridgehead atoms. The molecule has 0 radical (unpaired) electrons. The number of primary amides is 1. The quantitative estimate of drug-likeness (QED) is 0.402. The van der Waals surface area contributed by atoms with Crippen LogP contribution in [0, 0.1) is 5.82 Å². The lowest BCUT2D eigenvalue weighted by atomic mass is 10.0. The number of halogens is 3. The van der Waals surface area contributed by atoms with E-state index in [4.69, 9.17) is 16.2 Å². The second-order valence-corrected chi connectivity index (χ2v) is 8.05. The third-order valence-corrected chi connectivity index (χ3v) is 5.76. The molecule has 0 saturated carbocycles. The van der Waals surface area contributed by atoms with E-state index in [-0.39, 0.29) is 41.5 Å². The number of aromatic nitrogens is 2. The number of carbonyl (C=O) groups excluding carboxylic acids is 2. The van der Waals surface area contributed by atoms with Crippen LogP contribution in [0.4, 0.5) is 19.0 Å². The number of rotatable bonds is 7. The Bertz CT molecular complexity index is 1280. The predicted molar refractivity (Wildman–Crippen MR) is 122 cm³/mol. The molecular weight excluding hydrogens is 465 g/mol. The van der Waals surface area contributed by atoms with Gasteiger partial charge in [-0.1, -0.05) is 24.3 Å². The number of nitrogens with zero attached hydrogens (tertiary/aromatic N) is 2. The number of anilines is 1. The third kappa shape index (κ3) is 4.64. The highest BCUT2D eigenvalue weighted by Crippen LogP contribution is 2.37. The lowest BCUT2D eigenvalue weighted by Gasteiger charge is -2.19. The number of methoxy groups -OCH3 is 1. The van der Waals surface area contributed by atoms with Gasteiger partial charge in [-0.15, -0.1) is 0 Å². The van der Waals surface area contributed by atoms with Gasteiger partial charge in [-0.2, -0.15) is 5.10 Å². The zero-order valence-electron chi connectivity index (χ0n) is 18.6. The van der Waals surface area contributed by atoms with Gasteiger partial charge in [-0.05, 0) is 23.8 Å². The smallest absolute Gasteiger partial charge is 0.283 e. The number of hydrogen-bond acceptors (Lipinski definition) is 6. The number of nitrogens with two attached hydrogens (primary N) is 2. The molecule has 2 aromatic carbocycles. The number of nitrogens with one attached hydrogen (secondary N) is 2. The van der Waals surface area contributed by atoms with E-state index < -0.39 is 36.1 Å². The molecule has 0 aliphatic carbocycles. The highest BCUT2D eigenvalue weighted by molar-refractivity contribution is 6.03. The summed E-state index contributed by atoms with van der Waals surface area (Å²) in [5, 5.41) is 9.47. The molecule has 12 heteroatoms. The fraction of sp³-hybridized carbons (Fsp3) is 0.261. The van der Waals surface area contributed by atoms with Crippen LogP contribution in [0.1, 0.15) is 32.3 Å². The van der Waals surface area contributed by atoms with Crippen LogP contribution >= 0.6 is 0 Å². The first-order chi connectivity index (χ1) is 16.6. The number of alkyl halides is 2. The average molecular weight is 488 g/mol. The van der Waals surface area contributed by atoms with Gasteiger partial charge < -0.3 is 26.8 Å². The lowest BCUT2D eigenvalue weighted by molar-refractivity contribution is -0.0188. The van der Waals surface area contributed by atoms with Gasteiger partial charge in [0.25, 0.3) is 17.7 Å². The van der Waals surface area contributed by atoms with Crippen LogP contribution in [0.2, 0.25) is 0 Å². The zero-order chi connectivity index (χ0) is 25.3. The summed E-state index contributed by atoms with van der Waals surface area (Å²) in [5.41, 5.74) is 12.6. The van der Waals surface area contributed by atoms with Crippen molar-refractivity contribution in [1.82, 2.24) is 20.4 Å². The largest absolute Gasteiger partial charge is 0.496 e. The van der Waals surface area contributed by atoms with Gasteiger partial charge in [-0.25, -0.2) is 17.9 Å². The van der Waals surface area contributed by atoms with E-state index >= 15 is 0 Å². The molecule has 9 nitrogen and oxygen atoms in total. The summed E-state index contributed by atoms with van der Waals surface area (Å²) >= 11 is 0. The van der Waals surface area contributed by atoms with Gasteiger partial charge in [-0.3, -0.25) is 9.59 Å². The lowest BCUT2D eigenvalue weighted by Crippen LogP contribution is -2.31. The average Bonchev–Trinajstić information content (AvgIpc) is 3.35. The fourth-order valence-corrected chi connectivity index (χ4v) is 3.95. The number of hydrogen-bond donors (Lipinski definition) is 4. The summed E-state index contributed by atoms with van der Waals surface area (Å²) in [5.74, 6) is -5.10. The van der Waals surface area contributed by atoms with Crippen LogP contribution in [0.25, 0.3) is 11.3 Å². The SMILES string of the molecule is COc1ccc(F)cc1C(=O)NCc1ccc(-c2nn(C3CNCC3(F)F)c(N)c2C(N)=O)cc1. The number of nitrogen functional groups attached to an aromatic ring is 1. The Morgan fingerprint density at radius 2 is 1.97 bits per heavy atom. The summed E-state index contributed by atoms with van der Waals surface area (Å²) in [7, 11) is 1.38. The molecule has 1 aliphatic heterocycles. The summed E-state index contributed by atoms with van der Waals surface area (Å²) in [4.78, 5) is 24.5. The Balaban J connectivity index is 1.55. The molecule has 1 atom stereocenters. The molecule has 3 aromatic rings. The topological polar surface area (TPSA) is 137 Å². The van der Waals surface area contributed by atoms with E-state index in [0.717, 1.165) is 10.7 Å². The van der Waals surface area contributed by atoms with Crippen molar-refractivity contribution < 1.29 is 27.5 Å². The van der Waals surface area contributed by atoms with E-state index in [2.05, 4.69) is 15.7 Å². The summed E-state index contributed by atoms with van der Waals surface area (Å²) in [6.07, 6.45) is 0. The second kappa shape index (κ2) is 9.29. The molecule has 2 amide bonds. The van der Waals surface area contributed by atoms with Crippen molar-refractivity contribution in [1.29, 1.82) is 0 Å². The van der Waals surface area contributed by atoms with Crippen LogP contribution in [0.3, 0.4) is 0 Å². The number of ether oxygens (including phenoxy) is 1. The molecule has 1 saturated heterocycles. The summed E-state index contributed by atoms with van der Waals surface area (Å²) in [6.45, 7) is -0.483. The van der Waals surface area contributed by atoms with Gasteiger partial charge in [0.1, 0.15) is 34.7 Å². The highest BCUT2D eigenvalue weighted by Gasteiger charge is 2.47. The second-order valence-electron chi connectivity index (χ2n) is 8.05. The van der Waals surface area contributed by atoms with E-state index in [1.807, 2.05) is 0 Å². The first-order valence-electron chi connectivity index (χ1n) is 10.6. The molecule has 1 aliphatic rings. The monoisotopic (exact) mass is 488 g/mol. The van der Waals surface area contributed by atoms with Crippen LogP contribution in [-0.2, 0) is 6.54 Å². The van der Waals surface area contributed by atoms with Gasteiger partial charge in [0, 0.05) is 18.7 Å². The zero-order valence-corrected chi connectivity index (χ0v) is 18.6. The van der Waals surface area contributed by atoms with Crippen LogP contribution in [0.15, 0.2) is 42.5 Å². The number of benzene rings is 2. The maximum Gasteiger partial charge on any atom is 0.283 e. The highest BCUT2D eigenvalue weighted by atomic mass is 19.3. The standard InChI is InChI=1S/C23H23F3N6O3/c1-35-16-7-6-14(24)8-15(16)22(34)30-9-12-2-4-13(5-3-12)19-18(21(28)33)20(27)32(31-19)17-10-29-11-23(17,25)26/h2-8,17,29H,9-11,27H2,1H3,(H2,28,33)(H,30,34). The number of carbonyl (C=O) groups is 2. The van der Waals surface area contributed by atoms with Crippen molar-refractivity contribution in [2.45, 2.75) is 18.5 Å². The van der Waals surface area contributed by atoms with Crippen molar-refractivity contribution in [3.05, 3.63) is 65.0 Å². The van der Waals surface area contributed by atoms with E-state index in [1.54, 1.807) is 24.3 Å². The summed E-state index contributed by atoms with van der Waals surface area (Å²) in [6, 6.07) is 8.79. The van der Waals surface area contributed by atoms with Crippen molar-refractivity contribution in [2.75, 3.05) is 25.9 Å². The first-order valence-corrected chi connectivity index (χ1v) is 10.6. The third-order valence-electron chi connectivity index (χ3n) is 5.76. The van der Waals surface area contributed by atoms with Crippen LogP contribution in [-0.4, -0.2) is 47.7 Å². The normalized spacial score (nSPS) is 16.7. The summed E-state index contributed by atoms with van der Waals surface area (Å²) < 4.78 is 48.1. The van der Waals surface area contributed by atoms with E-state index in [9.17, 15) is 22.8 Å². The maximum atomic E-state index is 14.3. The molecule has 2 heterocycles. The van der Waals surface area contributed by atoms with Gasteiger partial charge >= 0.3 is 0 Å². The predicted octanol–water partition coefficient (Wildman–Crippen LogP) is 2.09. The molecule has 184 valence electrons. The minimum atomic E-state index is -3.10. The number of amides is 2. The first kappa shape index (κ1) is 24.1. The molecule has 35 heavy (non-hydrogen) atoms. The molecule has 0 spiro atoms. The fourth-order valence-electron chi connectivity index (χ4n) is 3.95. The van der Waals surface area contributed by atoms with Gasteiger partial charge in [0.2, 0.25) is 0 Å². The van der Waals surface area contributed by atoms with Crippen LogP contribution < -0.4 is 26.8 Å². The van der Waals surface area contributed by atoms with Crippen molar-refractivity contribution in [2.24, 2.45) is 5.73 Å². The molecule has 1 unspecified atom stereocenters. The minimum absolute atomic E-state index is 0.0504. The Kier molecular flexibility index (Phi) is 6.39. The maximum absolute atomic E-state index is 14.3. The van der Waals surface area contributed by atoms with Crippen molar-refractivity contribution >= 4 is 17.6 Å². The molecule has 1 aromatic heterocycles.